The number of amides is 1. The third-order valence-corrected chi connectivity index (χ3v) is 4.97. The van der Waals surface area contributed by atoms with Crippen molar-refractivity contribution in [1.29, 1.82) is 0 Å². The van der Waals surface area contributed by atoms with Gasteiger partial charge in [-0.05, 0) is 48.9 Å². The predicted molar refractivity (Wildman–Crippen MR) is 102 cm³/mol. The molecule has 27 heavy (non-hydrogen) atoms. The molecule has 7 heteroatoms. The van der Waals surface area contributed by atoms with Crippen molar-refractivity contribution in [2.75, 3.05) is 7.05 Å². The lowest BCUT2D eigenvalue weighted by atomic mass is 9.85. The maximum Gasteiger partial charge on any atom is 0.231 e. The van der Waals surface area contributed by atoms with E-state index < -0.39 is 11.4 Å². The van der Waals surface area contributed by atoms with E-state index in [-0.39, 0.29) is 36.1 Å². The van der Waals surface area contributed by atoms with E-state index in [1.807, 2.05) is 0 Å². The Morgan fingerprint density at radius 1 is 1.30 bits per heavy atom. The maximum absolute atomic E-state index is 14.5. The van der Waals surface area contributed by atoms with Gasteiger partial charge in [0.1, 0.15) is 5.82 Å². The Hall–Kier alpha value is -2.73. The standard InChI is InChI=1S/C20H19ClFN3O2/c1-20(11-18(27)25(2)19(23)24-20)15-9-12(3-8-16(15)22)10-17(26)13-4-6-14(21)7-5-13/h3-9H,10-11H2,1-2H3,(H2,23,24). The summed E-state index contributed by atoms with van der Waals surface area (Å²) in [5.41, 5.74) is 6.09. The molecule has 2 N–H and O–H groups in total. The monoisotopic (exact) mass is 387 g/mol. The Morgan fingerprint density at radius 2 is 1.96 bits per heavy atom. The third-order valence-electron chi connectivity index (χ3n) is 4.72. The smallest absolute Gasteiger partial charge is 0.231 e. The van der Waals surface area contributed by atoms with Crippen LogP contribution in [0.3, 0.4) is 0 Å². The highest BCUT2D eigenvalue weighted by molar-refractivity contribution is 6.30. The topological polar surface area (TPSA) is 75.8 Å². The van der Waals surface area contributed by atoms with Gasteiger partial charge in [0.05, 0.1) is 12.0 Å². The number of nitrogens with zero attached hydrogens (tertiary/aromatic N) is 2. The first-order valence-electron chi connectivity index (χ1n) is 8.39. The number of rotatable bonds is 4. The van der Waals surface area contributed by atoms with Gasteiger partial charge in [0.15, 0.2) is 11.7 Å². The Bertz CT molecular complexity index is 943. The second-order valence-electron chi connectivity index (χ2n) is 6.79. The molecule has 1 atom stereocenters. The van der Waals surface area contributed by atoms with Crippen LogP contribution in [0.2, 0.25) is 5.02 Å². The number of carbonyl (C=O) groups is 2. The lowest BCUT2D eigenvalue weighted by molar-refractivity contribution is -0.128. The van der Waals surface area contributed by atoms with Crippen molar-refractivity contribution in [2.24, 2.45) is 10.7 Å². The SMILES string of the molecule is CN1C(=O)CC(C)(c2cc(CC(=O)c3ccc(Cl)cc3)ccc2F)N=C1N. The lowest BCUT2D eigenvalue weighted by Gasteiger charge is -2.34. The van der Waals surface area contributed by atoms with Crippen molar-refractivity contribution in [2.45, 2.75) is 25.3 Å². The summed E-state index contributed by atoms with van der Waals surface area (Å²) in [5, 5.41) is 0.547. The van der Waals surface area contributed by atoms with Crippen LogP contribution in [0.15, 0.2) is 47.5 Å². The minimum atomic E-state index is -1.11. The number of aliphatic imine (C=N–C) groups is 1. The maximum atomic E-state index is 14.5. The second kappa shape index (κ2) is 7.12. The van der Waals surface area contributed by atoms with Crippen molar-refractivity contribution in [1.82, 2.24) is 4.90 Å². The highest BCUT2D eigenvalue weighted by atomic mass is 35.5. The number of hydrogen-bond donors (Lipinski definition) is 1. The van der Waals surface area contributed by atoms with Crippen LogP contribution in [0, 0.1) is 5.82 Å². The summed E-state index contributed by atoms with van der Waals surface area (Å²) < 4.78 is 14.5. The van der Waals surface area contributed by atoms with Crippen molar-refractivity contribution in [3.05, 3.63) is 70.0 Å². The van der Waals surface area contributed by atoms with Crippen LogP contribution in [-0.4, -0.2) is 29.6 Å². The number of benzene rings is 2. The molecule has 2 aromatic carbocycles. The molecule has 1 heterocycles. The molecule has 1 amide bonds. The van der Waals surface area contributed by atoms with Crippen LogP contribution >= 0.6 is 11.6 Å². The quantitative estimate of drug-likeness (QED) is 0.818. The molecule has 0 bridgehead atoms. The van der Waals surface area contributed by atoms with E-state index >= 15 is 0 Å². The zero-order valence-electron chi connectivity index (χ0n) is 15.0. The first-order chi connectivity index (χ1) is 12.7. The highest BCUT2D eigenvalue weighted by Crippen LogP contribution is 2.35. The first kappa shape index (κ1) is 19.0. The summed E-state index contributed by atoms with van der Waals surface area (Å²) in [5.74, 6) is -0.811. The molecule has 1 aliphatic rings. The van der Waals surface area contributed by atoms with Gasteiger partial charge in [-0.25, -0.2) is 9.38 Å². The zero-order valence-corrected chi connectivity index (χ0v) is 15.8. The van der Waals surface area contributed by atoms with E-state index in [0.29, 0.717) is 16.1 Å². The van der Waals surface area contributed by atoms with Crippen molar-refractivity contribution in [3.63, 3.8) is 0 Å². The Balaban J connectivity index is 1.92. The van der Waals surface area contributed by atoms with Crippen molar-refractivity contribution in [3.8, 4) is 0 Å². The average Bonchev–Trinajstić information content (AvgIpc) is 2.61. The van der Waals surface area contributed by atoms with Gasteiger partial charge in [0.2, 0.25) is 5.91 Å². The lowest BCUT2D eigenvalue weighted by Crippen LogP contribution is -2.47. The summed E-state index contributed by atoms with van der Waals surface area (Å²) in [7, 11) is 1.53. The molecule has 0 aliphatic carbocycles. The summed E-state index contributed by atoms with van der Waals surface area (Å²) in [6.45, 7) is 1.66. The zero-order chi connectivity index (χ0) is 19.8. The van der Waals surface area contributed by atoms with Gasteiger partial charge in [0, 0.05) is 29.6 Å². The Kier molecular flexibility index (Phi) is 5.02. The van der Waals surface area contributed by atoms with Crippen molar-refractivity contribution >= 4 is 29.3 Å². The van der Waals surface area contributed by atoms with Crippen molar-refractivity contribution < 1.29 is 14.0 Å². The number of hydrogen-bond acceptors (Lipinski definition) is 4. The summed E-state index contributed by atoms with van der Waals surface area (Å²) in [6.07, 6.45) is 0.0910. The van der Waals surface area contributed by atoms with E-state index in [9.17, 15) is 14.0 Å². The van der Waals surface area contributed by atoms with Crippen LogP contribution < -0.4 is 5.73 Å². The molecule has 5 nitrogen and oxygen atoms in total. The first-order valence-corrected chi connectivity index (χ1v) is 8.77. The normalized spacial score (nSPS) is 19.8. The third kappa shape index (κ3) is 3.85. The number of guanidine groups is 1. The summed E-state index contributed by atoms with van der Waals surface area (Å²) in [4.78, 5) is 30.2. The van der Waals surface area contributed by atoms with Crippen LogP contribution in [0.4, 0.5) is 4.39 Å². The number of halogens is 2. The van der Waals surface area contributed by atoms with Gasteiger partial charge in [-0.15, -0.1) is 0 Å². The largest absolute Gasteiger partial charge is 0.369 e. The minimum Gasteiger partial charge on any atom is -0.369 e. The van der Waals surface area contributed by atoms with Gasteiger partial charge < -0.3 is 5.73 Å². The van der Waals surface area contributed by atoms with E-state index in [0.717, 1.165) is 0 Å². The molecule has 0 saturated heterocycles. The van der Waals surface area contributed by atoms with Crippen LogP contribution in [-0.2, 0) is 16.8 Å². The number of carbonyl (C=O) groups excluding carboxylic acids is 2. The Morgan fingerprint density at radius 3 is 2.59 bits per heavy atom. The Labute approximate surface area is 161 Å². The molecule has 0 fully saturated rings. The molecule has 0 spiro atoms. The van der Waals surface area contributed by atoms with E-state index in [1.165, 1.54) is 18.0 Å². The number of nitrogens with two attached hydrogens (primary N) is 1. The van der Waals surface area contributed by atoms with Crippen LogP contribution in [0.5, 0.6) is 0 Å². The number of ketones is 1. The molecule has 0 radical (unpaired) electrons. The fourth-order valence-electron chi connectivity index (χ4n) is 3.08. The summed E-state index contributed by atoms with van der Waals surface area (Å²) >= 11 is 5.84. The molecule has 1 unspecified atom stereocenters. The summed E-state index contributed by atoms with van der Waals surface area (Å²) in [6, 6.07) is 11.0. The van der Waals surface area contributed by atoms with Gasteiger partial charge in [-0.3, -0.25) is 14.5 Å². The van der Waals surface area contributed by atoms with Crippen LogP contribution in [0.25, 0.3) is 0 Å². The van der Waals surface area contributed by atoms with E-state index in [1.54, 1.807) is 43.3 Å². The van der Waals surface area contributed by atoms with Gasteiger partial charge in [-0.2, -0.15) is 0 Å². The molecule has 2 aromatic rings. The molecule has 1 aliphatic heterocycles. The highest BCUT2D eigenvalue weighted by Gasteiger charge is 2.38. The van der Waals surface area contributed by atoms with E-state index in [2.05, 4.69) is 4.99 Å². The van der Waals surface area contributed by atoms with Crippen LogP contribution in [0.1, 0.15) is 34.8 Å². The second-order valence-corrected chi connectivity index (χ2v) is 7.23. The predicted octanol–water partition coefficient (Wildman–Crippen LogP) is 3.30. The minimum absolute atomic E-state index is 0.00426. The fourth-order valence-corrected chi connectivity index (χ4v) is 3.21. The molecule has 0 saturated carbocycles. The fraction of sp³-hybridized carbons (Fsp3) is 0.250. The van der Waals surface area contributed by atoms with Gasteiger partial charge in [-0.1, -0.05) is 17.7 Å². The molecular formula is C20H19ClFN3O2. The molecular weight excluding hydrogens is 369 g/mol. The van der Waals surface area contributed by atoms with E-state index in [4.69, 9.17) is 17.3 Å². The molecule has 3 rings (SSSR count). The van der Waals surface area contributed by atoms with Gasteiger partial charge in [0.25, 0.3) is 0 Å². The average molecular weight is 388 g/mol. The number of Topliss-reactive ketones (excluding diaryl/α,β-unsaturated/α-hetero) is 1. The molecule has 0 aromatic heterocycles. The molecule has 140 valence electrons. The van der Waals surface area contributed by atoms with Gasteiger partial charge >= 0.3 is 0 Å².